The Morgan fingerprint density at radius 1 is 0.697 bits per heavy atom. The molecule has 1 heterocycles. The molecule has 7 nitrogen and oxygen atoms in total. The van der Waals surface area contributed by atoms with Gasteiger partial charge in [-0.25, -0.2) is 28.1 Å². The number of para-hydroxylation sites is 1. The number of rotatable bonds is 6. The Labute approximate surface area is 198 Å². The molecule has 1 atom stereocenters. The summed E-state index contributed by atoms with van der Waals surface area (Å²) in [5, 5.41) is 0.588. The minimum absolute atomic E-state index is 0.122. The van der Waals surface area contributed by atoms with Crippen molar-refractivity contribution in [2.75, 3.05) is 0 Å². The Morgan fingerprint density at radius 3 is 1.94 bits per heavy atom. The van der Waals surface area contributed by atoms with Crippen LogP contribution in [0.15, 0.2) is 93.2 Å². The fraction of sp³-hybridized carbons (Fsp3) is 0.125. The van der Waals surface area contributed by atoms with Gasteiger partial charge in [0, 0.05) is 11.1 Å². The van der Waals surface area contributed by atoms with E-state index in [2.05, 4.69) is 0 Å². The van der Waals surface area contributed by atoms with Gasteiger partial charge >= 0.3 is 17.1 Å². The topological polar surface area (TPSA) is 92.0 Å². The van der Waals surface area contributed by atoms with E-state index < -0.39 is 23.1 Å². The summed E-state index contributed by atoms with van der Waals surface area (Å²) in [4.78, 5) is 40.1. The van der Waals surface area contributed by atoms with Crippen molar-refractivity contribution in [1.82, 2.24) is 13.7 Å². The number of hydrogen-bond acceptors (Lipinski definition) is 4. The molecular formula is C24H20Cl2N4O3. The lowest BCUT2D eigenvalue weighted by Gasteiger charge is -2.18. The molecule has 0 spiro atoms. The van der Waals surface area contributed by atoms with E-state index in [1.807, 2.05) is 30.3 Å². The quantitative estimate of drug-likeness (QED) is 0.456. The summed E-state index contributed by atoms with van der Waals surface area (Å²) < 4.78 is 2.81. The highest BCUT2D eigenvalue weighted by Crippen LogP contribution is 2.18. The number of hydrogen-bond donors (Lipinski definition) is 1. The molecule has 9 heteroatoms. The maximum atomic E-state index is 13.4. The Balaban J connectivity index is 1.94. The molecule has 4 aromatic rings. The maximum absolute atomic E-state index is 13.4. The van der Waals surface area contributed by atoms with Crippen molar-refractivity contribution in [2.24, 2.45) is 5.73 Å². The zero-order chi connectivity index (χ0) is 23.5. The van der Waals surface area contributed by atoms with Gasteiger partial charge in [0.25, 0.3) is 0 Å². The van der Waals surface area contributed by atoms with E-state index in [9.17, 15) is 14.4 Å². The average Bonchev–Trinajstić information content (AvgIpc) is 2.82. The van der Waals surface area contributed by atoms with Crippen LogP contribution in [0.3, 0.4) is 0 Å². The first-order chi connectivity index (χ1) is 15.9. The Bertz CT molecular complexity index is 1480. The van der Waals surface area contributed by atoms with Crippen LogP contribution in [-0.4, -0.2) is 13.7 Å². The predicted molar refractivity (Wildman–Crippen MR) is 129 cm³/mol. The van der Waals surface area contributed by atoms with E-state index in [1.165, 1.54) is 6.07 Å². The largest absolute Gasteiger partial charge is 0.341 e. The van der Waals surface area contributed by atoms with Gasteiger partial charge in [-0.15, -0.1) is 0 Å². The molecule has 0 aliphatic rings. The van der Waals surface area contributed by atoms with Crippen LogP contribution in [0.4, 0.5) is 0 Å². The van der Waals surface area contributed by atoms with Gasteiger partial charge in [-0.1, -0.05) is 83.9 Å². The third-order valence-corrected chi connectivity index (χ3v) is 5.98. The number of aromatic nitrogens is 3. The standard InChI is InChI=1S/C24H20Cl2N4O3/c25-18-11-5-4-10-17(18)14-28-22(31)29(15-20(27)16-8-2-1-3-9-16)24(33)30(23(28)32)21-13-7-6-12-19(21)26/h1-13,20H,14-15,27H2. The molecule has 0 saturated carbocycles. The fourth-order valence-corrected chi connectivity index (χ4v) is 3.98. The molecule has 1 aromatic heterocycles. The summed E-state index contributed by atoms with van der Waals surface area (Å²) in [6.45, 7) is -0.252. The van der Waals surface area contributed by atoms with Crippen molar-refractivity contribution in [1.29, 1.82) is 0 Å². The van der Waals surface area contributed by atoms with Gasteiger partial charge in [0.2, 0.25) is 0 Å². The van der Waals surface area contributed by atoms with Crippen LogP contribution in [0, 0.1) is 0 Å². The van der Waals surface area contributed by atoms with Crippen LogP contribution in [0.5, 0.6) is 0 Å². The van der Waals surface area contributed by atoms with Crippen LogP contribution in [-0.2, 0) is 13.1 Å². The molecule has 0 bridgehead atoms. The highest BCUT2D eigenvalue weighted by molar-refractivity contribution is 6.32. The second-order valence-corrected chi connectivity index (χ2v) is 8.25. The van der Waals surface area contributed by atoms with Gasteiger partial charge in [-0.3, -0.25) is 0 Å². The van der Waals surface area contributed by atoms with Crippen molar-refractivity contribution >= 4 is 23.2 Å². The van der Waals surface area contributed by atoms with Crippen LogP contribution in [0.2, 0.25) is 10.0 Å². The van der Waals surface area contributed by atoms with Crippen molar-refractivity contribution in [3.8, 4) is 5.69 Å². The number of nitrogens with two attached hydrogens (primary N) is 1. The van der Waals surface area contributed by atoms with E-state index >= 15 is 0 Å². The monoisotopic (exact) mass is 482 g/mol. The zero-order valence-corrected chi connectivity index (χ0v) is 18.9. The maximum Gasteiger partial charge on any atom is 0.341 e. The average molecular weight is 483 g/mol. The first-order valence-corrected chi connectivity index (χ1v) is 10.9. The summed E-state index contributed by atoms with van der Waals surface area (Å²) in [6.07, 6.45) is 0. The summed E-state index contributed by atoms with van der Waals surface area (Å²) in [5.74, 6) is 0. The highest BCUT2D eigenvalue weighted by atomic mass is 35.5. The van der Waals surface area contributed by atoms with Gasteiger partial charge in [0.05, 0.1) is 23.8 Å². The molecule has 0 amide bonds. The van der Waals surface area contributed by atoms with Gasteiger partial charge in [0.15, 0.2) is 0 Å². The number of halogens is 2. The molecule has 3 aromatic carbocycles. The molecule has 0 aliphatic heterocycles. The van der Waals surface area contributed by atoms with Crippen molar-refractivity contribution in [3.05, 3.63) is 131 Å². The van der Waals surface area contributed by atoms with Crippen LogP contribution < -0.4 is 22.8 Å². The molecule has 0 aliphatic carbocycles. The van der Waals surface area contributed by atoms with Crippen LogP contribution >= 0.6 is 23.2 Å². The van der Waals surface area contributed by atoms with E-state index in [-0.39, 0.29) is 23.8 Å². The fourth-order valence-electron chi connectivity index (χ4n) is 3.56. The third-order valence-electron chi connectivity index (χ3n) is 5.29. The third kappa shape index (κ3) is 4.57. The first kappa shape index (κ1) is 22.8. The smallest absolute Gasteiger partial charge is 0.322 e. The summed E-state index contributed by atoms with van der Waals surface area (Å²) >= 11 is 12.6. The van der Waals surface area contributed by atoms with E-state index in [1.54, 1.807) is 42.5 Å². The first-order valence-electron chi connectivity index (χ1n) is 10.1. The zero-order valence-electron chi connectivity index (χ0n) is 17.4. The normalized spacial score (nSPS) is 12.0. The van der Waals surface area contributed by atoms with Crippen LogP contribution in [0.25, 0.3) is 5.69 Å². The molecule has 168 valence electrons. The van der Waals surface area contributed by atoms with Crippen molar-refractivity contribution in [2.45, 2.75) is 19.1 Å². The lowest BCUT2D eigenvalue weighted by molar-refractivity contribution is 0.469. The summed E-state index contributed by atoms with van der Waals surface area (Å²) in [7, 11) is 0. The second-order valence-electron chi connectivity index (χ2n) is 7.44. The van der Waals surface area contributed by atoms with E-state index in [4.69, 9.17) is 28.9 Å². The highest BCUT2D eigenvalue weighted by Gasteiger charge is 2.21. The summed E-state index contributed by atoms with van der Waals surface area (Å²) in [5.41, 5.74) is 5.37. The van der Waals surface area contributed by atoms with Gasteiger partial charge in [-0.2, -0.15) is 0 Å². The molecule has 33 heavy (non-hydrogen) atoms. The molecular weight excluding hydrogens is 463 g/mol. The molecule has 0 saturated heterocycles. The van der Waals surface area contributed by atoms with Gasteiger partial charge in [-0.05, 0) is 29.3 Å². The molecule has 1 unspecified atom stereocenters. The number of benzene rings is 3. The predicted octanol–water partition coefficient (Wildman–Crippen LogP) is 3.22. The molecule has 0 radical (unpaired) electrons. The molecule has 4 rings (SSSR count). The Morgan fingerprint density at radius 2 is 1.27 bits per heavy atom. The van der Waals surface area contributed by atoms with Crippen LogP contribution in [0.1, 0.15) is 17.2 Å². The molecule has 0 fully saturated rings. The van der Waals surface area contributed by atoms with E-state index in [0.717, 1.165) is 19.3 Å². The Hall–Kier alpha value is -3.39. The summed E-state index contributed by atoms with van der Waals surface area (Å²) in [6, 6.07) is 21.7. The second kappa shape index (κ2) is 9.62. The van der Waals surface area contributed by atoms with Gasteiger partial charge < -0.3 is 5.73 Å². The van der Waals surface area contributed by atoms with Crippen molar-refractivity contribution < 1.29 is 0 Å². The van der Waals surface area contributed by atoms with Crippen molar-refractivity contribution in [3.63, 3.8) is 0 Å². The van der Waals surface area contributed by atoms with Gasteiger partial charge in [0.1, 0.15) is 0 Å². The minimum Gasteiger partial charge on any atom is -0.322 e. The SMILES string of the molecule is NC(Cn1c(=O)n(Cc2ccccc2Cl)c(=O)n(-c2ccccc2Cl)c1=O)c1ccccc1. The lowest BCUT2D eigenvalue weighted by Crippen LogP contribution is -2.55. The molecule has 2 N–H and O–H groups in total. The minimum atomic E-state index is -0.820. The number of nitrogens with zero attached hydrogens (tertiary/aromatic N) is 3. The lowest BCUT2D eigenvalue weighted by atomic mass is 10.1. The van der Waals surface area contributed by atoms with E-state index in [0.29, 0.717) is 10.6 Å². The Kier molecular flexibility index (Phi) is 6.65.